The van der Waals surface area contributed by atoms with Gasteiger partial charge in [-0.25, -0.2) is 0 Å². The molecule has 5 nitrogen and oxygen atoms in total. The molecule has 1 aromatic rings. The van der Waals surface area contributed by atoms with Gasteiger partial charge in [-0.15, -0.1) is 0 Å². The highest BCUT2D eigenvalue weighted by Crippen LogP contribution is 2.20. The molecule has 5 heteroatoms. The largest absolute Gasteiger partial charge is 0.497 e. The Morgan fingerprint density at radius 3 is 2.75 bits per heavy atom. The van der Waals surface area contributed by atoms with Gasteiger partial charge in [0.25, 0.3) is 0 Å². The van der Waals surface area contributed by atoms with Gasteiger partial charge in [0.2, 0.25) is 5.91 Å². The number of benzene rings is 1. The monoisotopic (exact) mass is 279 g/mol. The second-order valence-corrected chi connectivity index (χ2v) is 4.64. The third kappa shape index (κ3) is 5.30. The number of carbonyl (C=O) groups excluding carboxylic acids is 1. The van der Waals surface area contributed by atoms with Crippen molar-refractivity contribution in [2.45, 2.75) is 32.1 Å². The number of ether oxygens (including phenoxy) is 1. The van der Waals surface area contributed by atoms with E-state index in [9.17, 15) is 9.59 Å². The van der Waals surface area contributed by atoms with E-state index in [0.717, 1.165) is 11.3 Å². The van der Waals surface area contributed by atoms with Crippen LogP contribution in [0.25, 0.3) is 0 Å². The van der Waals surface area contributed by atoms with Crippen molar-refractivity contribution < 1.29 is 19.4 Å². The van der Waals surface area contributed by atoms with E-state index in [-0.39, 0.29) is 18.2 Å². The molecule has 0 bridgehead atoms. The van der Waals surface area contributed by atoms with E-state index in [2.05, 4.69) is 5.32 Å². The molecule has 1 amide bonds. The fraction of sp³-hybridized carbons (Fsp3) is 0.467. The van der Waals surface area contributed by atoms with Crippen LogP contribution in [0.2, 0.25) is 0 Å². The number of rotatable bonds is 8. The van der Waals surface area contributed by atoms with Gasteiger partial charge < -0.3 is 15.2 Å². The molecule has 1 aromatic carbocycles. The number of amides is 1. The average Bonchev–Trinajstić information content (AvgIpc) is 2.45. The van der Waals surface area contributed by atoms with Crippen LogP contribution in [0.4, 0.5) is 0 Å². The molecule has 1 atom stereocenters. The molecule has 0 aromatic heterocycles. The number of nitrogens with one attached hydrogen (secondary N) is 1. The van der Waals surface area contributed by atoms with Crippen molar-refractivity contribution in [1.29, 1.82) is 0 Å². The van der Waals surface area contributed by atoms with Crippen molar-refractivity contribution in [3.05, 3.63) is 29.8 Å². The van der Waals surface area contributed by atoms with Crippen molar-refractivity contribution >= 4 is 11.9 Å². The van der Waals surface area contributed by atoms with Crippen molar-refractivity contribution in [1.82, 2.24) is 5.32 Å². The molecule has 0 fully saturated rings. The zero-order valence-electron chi connectivity index (χ0n) is 11.9. The van der Waals surface area contributed by atoms with Gasteiger partial charge >= 0.3 is 5.97 Å². The van der Waals surface area contributed by atoms with Crippen LogP contribution in [0, 0.1) is 0 Å². The summed E-state index contributed by atoms with van der Waals surface area (Å²) in [6.07, 6.45) is 1.38. The second-order valence-electron chi connectivity index (χ2n) is 4.64. The van der Waals surface area contributed by atoms with Gasteiger partial charge in [0.1, 0.15) is 5.75 Å². The normalized spacial score (nSPS) is 11.7. The Morgan fingerprint density at radius 2 is 2.10 bits per heavy atom. The zero-order valence-corrected chi connectivity index (χ0v) is 11.9. The number of methoxy groups -OCH3 is 1. The number of carboxylic acids is 1. The van der Waals surface area contributed by atoms with Gasteiger partial charge in [0.15, 0.2) is 0 Å². The fourth-order valence-electron chi connectivity index (χ4n) is 1.83. The molecule has 0 aliphatic rings. The van der Waals surface area contributed by atoms with E-state index in [1.807, 2.05) is 31.2 Å². The van der Waals surface area contributed by atoms with Gasteiger partial charge in [-0.3, -0.25) is 9.59 Å². The van der Waals surface area contributed by atoms with Gasteiger partial charge in [-0.1, -0.05) is 12.1 Å². The van der Waals surface area contributed by atoms with Gasteiger partial charge in [-0.2, -0.15) is 0 Å². The Morgan fingerprint density at radius 1 is 1.35 bits per heavy atom. The number of unbranched alkanes of at least 4 members (excludes halogenated alkanes) is 1. The van der Waals surface area contributed by atoms with Gasteiger partial charge in [0, 0.05) is 13.0 Å². The number of aliphatic carboxylic acids is 1. The molecule has 0 radical (unpaired) electrons. The molecule has 1 unspecified atom stereocenters. The molecule has 0 aliphatic carbocycles. The molecule has 0 saturated heterocycles. The molecular weight excluding hydrogens is 258 g/mol. The Labute approximate surface area is 118 Å². The minimum Gasteiger partial charge on any atom is -0.497 e. The van der Waals surface area contributed by atoms with Gasteiger partial charge in [0.05, 0.1) is 13.0 Å². The predicted octanol–water partition coefficient (Wildman–Crippen LogP) is 2.17. The van der Waals surface area contributed by atoms with Crippen molar-refractivity contribution in [3.8, 4) is 5.75 Å². The lowest BCUT2D eigenvalue weighted by Crippen LogP contribution is -2.28. The summed E-state index contributed by atoms with van der Waals surface area (Å²) in [6.45, 7) is 2.34. The highest BCUT2D eigenvalue weighted by molar-refractivity contribution is 5.83. The van der Waals surface area contributed by atoms with Crippen molar-refractivity contribution in [2.75, 3.05) is 13.7 Å². The molecule has 1 rings (SSSR count). The van der Waals surface area contributed by atoms with Crippen LogP contribution in [0.15, 0.2) is 24.3 Å². The first-order valence-corrected chi connectivity index (χ1v) is 6.68. The van der Waals surface area contributed by atoms with Crippen LogP contribution in [-0.2, 0) is 9.59 Å². The van der Waals surface area contributed by atoms with Crippen molar-refractivity contribution in [3.63, 3.8) is 0 Å². The standard InChI is InChI=1S/C15H21NO4/c1-11(12-6-5-7-13(10-12)20-2)15(19)16-9-4-3-8-14(17)18/h5-7,10-11H,3-4,8-9H2,1-2H3,(H,16,19)(H,17,18). The van der Waals surface area contributed by atoms with E-state index < -0.39 is 5.97 Å². The minimum absolute atomic E-state index is 0.0615. The Bertz CT molecular complexity index is 459. The Balaban J connectivity index is 2.40. The highest BCUT2D eigenvalue weighted by Gasteiger charge is 2.15. The summed E-state index contributed by atoms with van der Waals surface area (Å²) < 4.78 is 5.13. The van der Waals surface area contributed by atoms with Crippen LogP contribution in [0.5, 0.6) is 5.75 Å². The quantitative estimate of drug-likeness (QED) is 0.715. The maximum atomic E-state index is 12.0. The van der Waals surface area contributed by atoms with E-state index in [4.69, 9.17) is 9.84 Å². The third-order valence-electron chi connectivity index (χ3n) is 3.10. The summed E-state index contributed by atoms with van der Waals surface area (Å²) in [4.78, 5) is 22.3. The lowest BCUT2D eigenvalue weighted by molar-refractivity contribution is -0.137. The lowest BCUT2D eigenvalue weighted by Gasteiger charge is -2.13. The number of carboxylic acid groups (broad SMARTS) is 1. The highest BCUT2D eigenvalue weighted by atomic mass is 16.5. The summed E-state index contributed by atoms with van der Waals surface area (Å²) in [7, 11) is 1.59. The molecule has 20 heavy (non-hydrogen) atoms. The van der Waals surface area contributed by atoms with Gasteiger partial charge in [-0.05, 0) is 37.5 Å². The summed E-state index contributed by atoms with van der Waals surface area (Å²) in [6, 6.07) is 7.41. The molecular formula is C15H21NO4. The Kier molecular flexibility index (Phi) is 6.56. The fourth-order valence-corrected chi connectivity index (χ4v) is 1.83. The molecule has 0 heterocycles. The Hall–Kier alpha value is -2.04. The maximum absolute atomic E-state index is 12.0. The molecule has 110 valence electrons. The topological polar surface area (TPSA) is 75.6 Å². The number of hydrogen-bond donors (Lipinski definition) is 2. The predicted molar refractivity (Wildman–Crippen MR) is 75.9 cm³/mol. The van der Waals surface area contributed by atoms with E-state index in [1.165, 1.54) is 0 Å². The van der Waals surface area contributed by atoms with Crippen LogP contribution in [-0.4, -0.2) is 30.6 Å². The summed E-state index contributed by atoms with van der Waals surface area (Å²) in [5.41, 5.74) is 0.896. The molecule has 2 N–H and O–H groups in total. The molecule has 0 saturated carbocycles. The third-order valence-corrected chi connectivity index (χ3v) is 3.10. The van der Waals surface area contributed by atoms with E-state index in [1.54, 1.807) is 7.11 Å². The second kappa shape index (κ2) is 8.19. The smallest absolute Gasteiger partial charge is 0.303 e. The first-order chi connectivity index (χ1) is 9.54. The minimum atomic E-state index is -0.805. The van der Waals surface area contributed by atoms with Crippen molar-refractivity contribution in [2.24, 2.45) is 0 Å². The summed E-state index contributed by atoms with van der Waals surface area (Å²) in [5.74, 6) is -0.400. The van der Waals surface area contributed by atoms with E-state index >= 15 is 0 Å². The zero-order chi connectivity index (χ0) is 15.0. The summed E-state index contributed by atoms with van der Waals surface area (Å²) >= 11 is 0. The first kappa shape index (κ1) is 16.0. The average molecular weight is 279 g/mol. The number of carbonyl (C=O) groups is 2. The lowest BCUT2D eigenvalue weighted by atomic mass is 10.00. The van der Waals surface area contributed by atoms with E-state index in [0.29, 0.717) is 19.4 Å². The van der Waals surface area contributed by atoms with Crippen LogP contribution >= 0.6 is 0 Å². The SMILES string of the molecule is COc1cccc(C(C)C(=O)NCCCCC(=O)O)c1. The number of hydrogen-bond acceptors (Lipinski definition) is 3. The van der Waals surface area contributed by atoms with Crippen LogP contribution < -0.4 is 10.1 Å². The first-order valence-electron chi connectivity index (χ1n) is 6.68. The molecule has 0 aliphatic heterocycles. The molecule has 0 spiro atoms. The summed E-state index contributed by atoms with van der Waals surface area (Å²) in [5, 5.41) is 11.3. The maximum Gasteiger partial charge on any atom is 0.303 e. The van der Waals surface area contributed by atoms with Crippen LogP contribution in [0.1, 0.15) is 37.7 Å². The van der Waals surface area contributed by atoms with Crippen LogP contribution in [0.3, 0.4) is 0 Å².